The Morgan fingerprint density at radius 3 is 2.06 bits per heavy atom. The molecule has 262 valence electrons. The van der Waals surface area contributed by atoms with Crippen molar-refractivity contribution in [2.24, 2.45) is 0 Å². The fourth-order valence-electron chi connectivity index (χ4n) is 5.71. The van der Waals surface area contributed by atoms with Crippen LogP contribution in [0.3, 0.4) is 0 Å². The fourth-order valence-corrected chi connectivity index (χ4v) is 5.89. The van der Waals surface area contributed by atoms with Crippen LogP contribution >= 0.6 is 11.6 Å². The third kappa shape index (κ3) is 10.00. The van der Waals surface area contributed by atoms with E-state index in [-0.39, 0.29) is 0 Å². The van der Waals surface area contributed by atoms with Crippen LogP contribution in [0.25, 0.3) is 0 Å². The standard InChI is InChI=1S/C37H53ClO9/c1-7-11-20-43-33-34(44-21-12-8-2)36(25-39,26-46-27(5)40)47-37(41-6,35(33)45-22-13-9-3)30-16-19-32(38)29(24-30)23-28-14-17-31(18-15-28)42-10-4/h14-19,24-25,33-35H,7-13,20-23,26H2,1-6H3/t33-,34-,35+,36+,37-/m0/s1. The second-order valence-electron chi connectivity index (χ2n) is 11.9. The Bertz CT molecular complexity index is 1240. The van der Waals surface area contributed by atoms with E-state index in [0.717, 1.165) is 55.4 Å². The summed E-state index contributed by atoms with van der Waals surface area (Å²) in [4.78, 5) is 25.4. The zero-order chi connectivity index (χ0) is 34.3. The minimum absolute atomic E-state index is 0.350. The molecule has 0 aromatic heterocycles. The van der Waals surface area contributed by atoms with Gasteiger partial charge in [-0.25, -0.2) is 0 Å². The van der Waals surface area contributed by atoms with E-state index < -0.39 is 42.3 Å². The van der Waals surface area contributed by atoms with Gasteiger partial charge in [0.15, 0.2) is 11.9 Å². The van der Waals surface area contributed by atoms with E-state index in [1.54, 1.807) is 6.07 Å². The van der Waals surface area contributed by atoms with Crippen LogP contribution in [-0.4, -0.2) is 76.3 Å². The number of rotatable bonds is 21. The summed E-state index contributed by atoms with van der Waals surface area (Å²) in [5, 5.41) is 0.561. The van der Waals surface area contributed by atoms with Gasteiger partial charge < -0.3 is 33.2 Å². The molecular formula is C37H53ClO9. The van der Waals surface area contributed by atoms with Crippen LogP contribution < -0.4 is 4.74 Å². The van der Waals surface area contributed by atoms with Crippen molar-refractivity contribution in [3.05, 3.63) is 64.2 Å². The number of halogens is 1. The summed E-state index contributed by atoms with van der Waals surface area (Å²) in [7, 11) is 1.51. The predicted octanol–water partition coefficient (Wildman–Crippen LogP) is 7.22. The third-order valence-electron chi connectivity index (χ3n) is 8.27. The molecule has 0 amide bonds. The molecule has 5 atom stereocenters. The largest absolute Gasteiger partial charge is 0.494 e. The predicted molar refractivity (Wildman–Crippen MR) is 181 cm³/mol. The average molecular weight is 677 g/mol. The summed E-state index contributed by atoms with van der Waals surface area (Å²) in [5.41, 5.74) is 0.659. The highest BCUT2D eigenvalue weighted by Gasteiger charge is 2.65. The number of ether oxygens (including phenoxy) is 7. The van der Waals surface area contributed by atoms with Crippen LogP contribution in [0, 0.1) is 0 Å². The second kappa shape index (κ2) is 19.5. The number of hydrogen-bond donors (Lipinski definition) is 0. The van der Waals surface area contributed by atoms with E-state index >= 15 is 0 Å². The van der Waals surface area contributed by atoms with Gasteiger partial charge in [0.25, 0.3) is 0 Å². The second-order valence-corrected chi connectivity index (χ2v) is 12.3. The highest BCUT2D eigenvalue weighted by molar-refractivity contribution is 6.31. The van der Waals surface area contributed by atoms with Crippen LogP contribution in [0.15, 0.2) is 42.5 Å². The number of hydrogen-bond acceptors (Lipinski definition) is 9. The van der Waals surface area contributed by atoms with Crippen LogP contribution in [0.1, 0.15) is 89.8 Å². The first-order valence-corrected chi connectivity index (χ1v) is 17.3. The van der Waals surface area contributed by atoms with Gasteiger partial charge in [-0.15, -0.1) is 0 Å². The fraction of sp³-hybridized carbons (Fsp3) is 0.622. The van der Waals surface area contributed by atoms with Crippen molar-refractivity contribution in [2.75, 3.05) is 40.1 Å². The molecule has 2 aromatic carbocycles. The van der Waals surface area contributed by atoms with Crippen LogP contribution in [0.2, 0.25) is 5.02 Å². The van der Waals surface area contributed by atoms with Crippen molar-refractivity contribution >= 4 is 23.9 Å². The van der Waals surface area contributed by atoms with Crippen molar-refractivity contribution in [3.8, 4) is 5.75 Å². The number of methoxy groups -OCH3 is 1. The highest BCUT2D eigenvalue weighted by Crippen LogP contribution is 2.47. The lowest BCUT2D eigenvalue weighted by atomic mass is 9.80. The van der Waals surface area contributed by atoms with E-state index in [4.69, 9.17) is 44.8 Å². The molecule has 1 fully saturated rings. The normalized spacial score (nSPS) is 24.2. The molecule has 1 heterocycles. The Balaban J connectivity index is 2.20. The van der Waals surface area contributed by atoms with E-state index in [2.05, 4.69) is 20.8 Å². The zero-order valence-electron chi connectivity index (χ0n) is 28.9. The maximum Gasteiger partial charge on any atom is 0.302 e. The minimum Gasteiger partial charge on any atom is -0.494 e. The highest BCUT2D eigenvalue weighted by atomic mass is 35.5. The number of aldehydes is 1. The third-order valence-corrected chi connectivity index (χ3v) is 8.64. The number of benzene rings is 2. The maximum atomic E-state index is 13.3. The molecule has 1 aliphatic heterocycles. The molecule has 0 unspecified atom stereocenters. The van der Waals surface area contributed by atoms with Crippen LogP contribution in [-0.2, 0) is 50.2 Å². The average Bonchev–Trinajstić information content (AvgIpc) is 3.07. The molecule has 10 heteroatoms. The zero-order valence-corrected chi connectivity index (χ0v) is 29.6. The van der Waals surface area contributed by atoms with Gasteiger partial charge in [0.2, 0.25) is 5.79 Å². The van der Waals surface area contributed by atoms with Gasteiger partial charge >= 0.3 is 5.97 Å². The number of carbonyl (C=O) groups is 2. The van der Waals surface area contributed by atoms with Gasteiger partial charge in [0, 0.05) is 44.4 Å². The number of unbranched alkanes of at least 4 members (excludes halogenated alkanes) is 3. The van der Waals surface area contributed by atoms with E-state index in [1.165, 1.54) is 14.0 Å². The molecule has 9 nitrogen and oxygen atoms in total. The smallest absolute Gasteiger partial charge is 0.302 e. The van der Waals surface area contributed by atoms with Gasteiger partial charge in [-0.3, -0.25) is 9.59 Å². The number of carbonyl (C=O) groups excluding carboxylic acids is 2. The molecule has 1 saturated heterocycles. The Labute approximate surface area is 285 Å². The van der Waals surface area contributed by atoms with Crippen molar-refractivity contribution in [1.82, 2.24) is 0 Å². The number of esters is 1. The molecule has 3 rings (SSSR count). The van der Waals surface area contributed by atoms with Gasteiger partial charge in [-0.2, -0.15) is 0 Å². The summed E-state index contributed by atoms with van der Waals surface area (Å²) < 4.78 is 43.9. The first kappa shape index (κ1) is 38.9. The Morgan fingerprint density at radius 1 is 0.894 bits per heavy atom. The molecule has 47 heavy (non-hydrogen) atoms. The van der Waals surface area contributed by atoms with Crippen LogP contribution in [0.4, 0.5) is 0 Å². The monoisotopic (exact) mass is 676 g/mol. The lowest BCUT2D eigenvalue weighted by Gasteiger charge is -2.55. The Kier molecular flexibility index (Phi) is 16.1. The molecule has 0 spiro atoms. The maximum absolute atomic E-state index is 13.3. The molecule has 0 saturated carbocycles. The molecular weight excluding hydrogens is 624 g/mol. The Morgan fingerprint density at radius 2 is 1.51 bits per heavy atom. The van der Waals surface area contributed by atoms with Crippen molar-refractivity contribution in [3.63, 3.8) is 0 Å². The summed E-state index contributed by atoms with van der Waals surface area (Å²) in [6.45, 7) is 10.8. The molecule has 1 aliphatic rings. The van der Waals surface area contributed by atoms with E-state index in [1.807, 2.05) is 43.3 Å². The lowest BCUT2D eigenvalue weighted by Crippen LogP contribution is -2.72. The first-order valence-electron chi connectivity index (χ1n) is 16.9. The van der Waals surface area contributed by atoms with Crippen molar-refractivity contribution < 1.29 is 42.7 Å². The summed E-state index contributed by atoms with van der Waals surface area (Å²) >= 11 is 6.77. The molecule has 0 bridgehead atoms. The summed E-state index contributed by atoms with van der Waals surface area (Å²) in [6.07, 6.45) is 3.57. The molecule has 0 N–H and O–H groups in total. The summed E-state index contributed by atoms with van der Waals surface area (Å²) in [6, 6.07) is 13.4. The van der Waals surface area contributed by atoms with E-state index in [9.17, 15) is 9.59 Å². The van der Waals surface area contributed by atoms with E-state index in [0.29, 0.717) is 49.7 Å². The van der Waals surface area contributed by atoms with Gasteiger partial charge in [-0.1, -0.05) is 69.8 Å². The quantitative estimate of drug-likeness (QED) is 0.0771. The molecule has 0 aliphatic carbocycles. The SMILES string of the molecule is CCCCO[C@@H]1[C@@H](OCCCC)[C@](OC)(c2ccc(Cl)c(Cc3ccc(OCC)cc3)c2)O[C@](C=O)(COC(C)=O)[C@H]1OCCCC. The Hall–Kier alpha value is -2.53. The minimum atomic E-state index is -1.77. The van der Waals surface area contributed by atoms with Gasteiger partial charge in [0.1, 0.15) is 30.7 Å². The summed E-state index contributed by atoms with van der Waals surface area (Å²) in [5.74, 6) is -1.42. The van der Waals surface area contributed by atoms with Crippen molar-refractivity contribution in [1.29, 1.82) is 0 Å². The topological polar surface area (TPSA) is 98.8 Å². The van der Waals surface area contributed by atoms with Gasteiger partial charge in [-0.05, 0) is 68.0 Å². The first-order chi connectivity index (χ1) is 22.7. The molecule has 0 radical (unpaired) electrons. The van der Waals surface area contributed by atoms with Crippen LogP contribution in [0.5, 0.6) is 5.75 Å². The van der Waals surface area contributed by atoms with Crippen molar-refractivity contribution in [2.45, 2.75) is 109 Å². The lowest BCUT2D eigenvalue weighted by molar-refractivity contribution is -0.398. The van der Waals surface area contributed by atoms with Gasteiger partial charge in [0.05, 0.1) is 6.61 Å². The molecule has 2 aromatic rings.